The van der Waals surface area contributed by atoms with E-state index in [0.29, 0.717) is 24.5 Å². The number of ether oxygens (including phenoxy) is 1. The van der Waals surface area contributed by atoms with Crippen molar-refractivity contribution in [1.82, 2.24) is 4.90 Å². The second-order valence-corrected chi connectivity index (χ2v) is 14.7. The van der Waals surface area contributed by atoms with Crippen LogP contribution in [-0.4, -0.2) is 76.1 Å². The van der Waals surface area contributed by atoms with Crippen molar-refractivity contribution in [2.24, 2.45) is 17.8 Å². The number of benzene rings is 2. The molecule has 0 saturated carbocycles. The number of aryl methyl sites for hydroxylation is 2. The van der Waals surface area contributed by atoms with Gasteiger partial charge in [0.25, 0.3) is 5.91 Å². The molecule has 0 aromatic heterocycles. The van der Waals surface area contributed by atoms with Crippen LogP contribution in [0, 0.1) is 31.6 Å². The monoisotopic (exact) mass is 659 g/mol. The van der Waals surface area contributed by atoms with Gasteiger partial charge in [0, 0.05) is 29.7 Å². The van der Waals surface area contributed by atoms with E-state index in [4.69, 9.17) is 4.74 Å². The normalized spacial score (nSPS) is 25.7. The number of aliphatic hydroxyl groups excluding tert-OH is 1. The van der Waals surface area contributed by atoms with E-state index in [1.807, 2.05) is 77.1 Å². The predicted octanol–water partition coefficient (Wildman–Crippen LogP) is 5.94. The number of hydrogen-bond acceptors (Lipinski definition) is 6. The summed E-state index contributed by atoms with van der Waals surface area (Å²) in [5, 5.41) is 10.7. The number of carbonyl (C=O) groups excluding carboxylic acids is 3. The third-order valence-electron chi connectivity index (χ3n) is 10.4. The van der Waals surface area contributed by atoms with E-state index in [2.05, 4.69) is 13.2 Å². The van der Waals surface area contributed by atoms with Crippen LogP contribution in [0.25, 0.3) is 0 Å². The molecule has 3 amide bonds. The first-order valence-electron chi connectivity index (χ1n) is 16.8. The highest BCUT2D eigenvalue weighted by Crippen LogP contribution is 2.67. The maximum Gasteiger partial charge on any atom is 0.251 e. The molecule has 7 atom stereocenters. The molecule has 1 spiro atoms. The number of fused-ring (bicyclic) bond motifs is 1. The lowest BCUT2D eigenvalue weighted by Crippen LogP contribution is -2.59. The van der Waals surface area contributed by atoms with Crippen molar-refractivity contribution in [2.75, 3.05) is 36.1 Å². The SMILES string of the molecule is C=CCN(C(=O)[C@@H]1[C@@H]2CCC3(S2)C(C(=O)N(CC=C)c2cc(C)ccc2C)N([C@@H](CO)[C@@H](C)CC)C(=O)[C@H]13)c1ccc(OCC)cc1. The number of hydrogen-bond donors (Lipinski definition) is 1. The topological polar surface area (TPSA) is 90.4 Å². The van der Waals surface area contributed by atoms with Gasteiger partial charge >= 0.3 is 0 Å². The van der Waals surface area contributed by atoms with Crippen LogP contribution in [0.4, 0.5) is 11.4 Å². The molecule has 47 heavy (non-hydrogen) atoms. The fraction of sp³-hybridized carbons (Fsp3) is 0.500. The van der Waals surface area contributed by atoms with Crippen LogP contribution < -0.4 is 14.5 Å². The molecule has 252 valence electrons. The van der Waals surface area contributed by atoms with Crippen molar-refractivity contribution in [1.29, 1.82) is 0 Å². The molecular weight excluding hydrogens is 611 g/mol. The largest absolute Gasteiger partial charge is 0.494 e. The Bertz CT molecular complexity index is 1510. The maximum absolute atomic E-state index is 15.1. The molecule has 0 aliphatic carbocycles. The zero-order valence-corrected chi connectivity index (χ0v) is 29.2. The van der Waals surface area contributed by atoms with E-state index in [9.17, 15) is 14.7 Å². The molecule has 0 radical (unpaired) electrons. The van der Waals surface area contributed by atoms with Crippen LogP contribution >= 0.6 is 11.8 Å². The van der Waals surface area contributed by atoms with Gasteiger partial charge in [-0.2, -0.15) is 0 Å². The summed E-state index contributed by atoms with van der Waals surface area (Å²) < 4.78 is 4.83. The number of rotatable bonds is 14. The van der Waals surface area contributed by atoms with E-state index >= 15 is 4.79 Å². The number of thioether (sulfide) groups is 1. The summed E-state index contributed by atoms with van der Waals surface area (Å²) in [5.74, 6) is -1.18. The van der Waals surface area contributed by atoms with Gasteiger partial charge in [-0.05, 0) is 81.0 Å². The summed E-state index contributed by atoms with van der Waals surface area (Å²) in [5.41, 5.74) is 3.46. The Morgan fingerprint density at radius 3 is 2.38 bits per heavy atom. The lowest BCUT2D eigenvalue weighted by molar-refractivity contribution is -0.143. The van der Waals surface area contributed by atoms with Crippen LogP contribution in [0.15, 0.2) is 67.8 Å². The molecule has 3 heterocycles. The van der Waals surface area contributed by atoms with E-state index in [-0.39, 0.29) is 48.6 Å². The molecule has 3 aliphatic rings. The van der Waals surface area contributed by atoms with Crippen molar-refractivity contribution in [3.05, 3.63) is 78.9 Å². The Hall–Kier alpha value is -3.56. The van der Waals surface area contributed by atoms with Crippen molar-refractivity contribution >= 4 is 40.9 Å². The lowest BCUT2D eigenvalue weighted by Gasteiger charge is -2.41. The third kappa shape index (κ3) is 6.01. The smallest absolute Gasteiger partial charge is 0.251 e. The Morgan fingerprint density at radius 1 is 1.09 bits per heavy atom. The summed E-state index contributed by atoms with van der Waals surface area (Å²) in [6, 6.07) is 12.0. The van der Waals surface area contributed by atoms with E-state index in [1.54, 1.807) is 38.6 Å². The Labute approximate surface area is 283 Å². The summed E-state index contributed by atoms with van der Waals surface area (Å²) >= 11 is 1.64. The molecule has 8 nitrogen and oxygen atoms in total. The molecule has 2 aromatic rings. The molecule has 9 heteroatoms. The first kappa shape index (κ1) is 34.8. The van der Waals surface area contributed by atoms with Gasteiger partial charge in [-0.1, -0.05) is 44.6 Å². The standard InChI is InChI=1S/C38H49N3O5S/c1-8-20-39(27-14-16-28(17-15-27)46-11-4)35(43)32-31-18-19-38(47-31)33(32)36(44)41(30(23-42)25(6)10-3)34(38)37(45)40(21-9-2)29-22-24(5)12-13-26(29)7/h8-9,12-17,22,25,30-34,42H,1-2,10-11,18-21,23H2,3-7H3/t25-,30-,31-,32+,33-,34?,38?/m0/s1. The van der Waals surface area contributed by atoms with Crippen LogP contribution in [-0.2, 0) is 14.4 Å². The van der Waals surface area contributed by atoms with Crippen molar-refractivity contribution in [2.45, 2.75) is 76.0 Å². The van der Waals surface area contributed by atoms with Gasteiger partial charge in [0.05, 0.1) is 35.8 Å². The molecule has 5 rings (SSSR count). The van der Waals surface area contributed by atoms with Crippen LogP contribution in [0.2, 0.25) is 0 Å². The van der Waals surface area contributed by atoms with Crippen LogP contribution in [0.3, 0.4) is 0 Å². The fourth-order valence-corrected chi connectivity index (χ4v) is 10.1. The number of nitrogens with zero attached hydrogens (tertiary/aromatic N) is 3. The molecule has 2 aromatic carbocycles. The van der Waals surface area contributed by atoms with E-state index in [1.165, 1.54) is 0 Å². The Kier molecular flexibility index (Phi) is 10.6. The van der Waals surface area contributed by atoms with Gasteiger partial charge in [-0.25, -0.2) is 0 Å². The summed E-state index contributed by atoms with van der Waals surface area (Å²) in [6.07, 6.45) is 5.51. The number of aliphatic hydroxyl groups is 1. The first-order chi connectivity index (χ1) is 22.6. The maximum atomic E-state index is 15.1. The highest BCUT2D eigenvalue weighted by atomic mass is 32.2. The summed E-state index contributed by atoms with van der Waals surface area (Å²) in [6.45, 7) is 18.6. The van der Waals surface area contributed by atoms with E-state index in [0.717, 1.165) is 29.7 Å². The number of amides is 3. The second kappa shape index (κ2) is 14.3. The predicted molar refractivity (Wildman–Crippen MR) is 190 cm³/mol. The van der Waals surface area contributed by atoms with Crippen LogP contribution in [0.1, 0.15) is 51.2 Å². The molecule has 3 aliphatic heterocycles. The average Bonchev–Trinajstić information content (AvgIpc) is 3.71. The van der Waals surface area contributed by atoms with Gasteiger partial charge in [0.1, 0.15) is 11.8 Å². The van der Waals surface area contributed by atoms with Crippen molar-refractivity contribution < 1.29 is 24.2 Å². The van der Waals surface area contributed by atoms with Gasteiger partial charge < -0.3 is 24.5 Å². The average molecular weight is 660 g/mol. The molecule has 2 unspecified atom stereocenters. The number of likely N-dealkylation sites (tertiary alicyclic amines) is 1. The summed E-state index contributed by atoms with van der Waals surface area (Å²) in [4.78, 5) is 49.8. The van der Waals surface area contributed by atoms with Crippen LogP contribution in [0.5, 0.6) is 5.75 Å². The number of carbonyl (C=O) groups is 3. The number of anilines is 2. The highest BCUT2D eigenvalue weighted by Gasteiger charge is 2.75. The quantitative estimate of drug-likeness (QED) is 0.253. The molecule has 1 N–H and O–H groups in total. The molecule has 3 fully saturated rings. The molecule has 3 saturated heterocycles. The van der Waals surface area contributed by atoms with Crippen molar-refractivity contribution in [3.63, 3.8) is 0 Å². The Balaban J connectivity index is 1.61. The zero-order valence-electron chi connectivity index (χ0n) is 28.4. The van der Waals surface area contributed by atoms with Gasteiger partial charge in [-0.15, -0.1) is 24.9 Å². The third-order valence-corrected chi connectivity index (χ3v) is 12.3. The fourth-order valence-electron chi connectivity index (χ4n) is 7.94. The minimum Gasteiger partial charge on any atom is -0.494 e. The highest BCUT2D eigenvalue weighted by molar-refractivity contribution is 8.02. The van der Waals surface area contributed by atoms with Gasteiger partial charge in [-0.3, -0.25) is 14.4 Å². The minimum absolute atomic E-state index is 0.0551. The van der Waals surface area contributed by atoms with Gasteiger partial charge in [0.15, 0.2) is 0 Å². The summed E-state index contributed by atoms with van der Waals surface area (Å²) in [7, 11) is 0. The van der Waals surface area contributed by atoms with Gasteiger partial charge in [0.2, 0.25) is 11.8 Å². The second-order valence-electron chi connectivity index (χ2n) is 13.1. The van der Waals surface area contributed by atoms with Crippen molar-refractivity contribution in [3.8, 4) is 5.75 Å². The Morgan fingerprint density at radius 2 is 1.77 bits per heavy atom. The molecule has 2 bridgehead atoms. The zero-order chi connectivity index (χ0) is 34.0. The molecular formula is C38H49N3O5S. The minimum atomic E-state index is -0.836. The lowest BCUT2D eigenvalue weighted by atomic mass is 9.70. The van der Waals surface area contributed by atoms with E-state index < -0.39 is 28.7 Å². The first-order valence-corrected chi connectivity index (χ1v) is 17.7.